The maximum Gasteiger partial charge on any atom is 0.234 e. The number of aromatic nitrogens is 3. The normalized spacial score (nSPS) is 14.4. The molecule has 172 valence electrons. The second-order valence-electron chi connectivity index (χ2n) is 8.59. The van der Waals surface area contributed by atoms with E-state index >= 15 is 0 Å². The van der Waals surface area contributed by atoms with Gasteiger partial charge in [-0.2, -0.15) is 0 Å². The number of para-hydroxylation sites is 1. The number of carbonyl (C=O) groups excluding carboxylic acids is 3. The molecule has 2 aliphatic carbocycles. The van der Waals surface area contributed by atoms with Crippen molar-refractivity contribution < 1.29 is 14.4 Å². The predicted molar refractivity (Wildman–Crippen MR) is 132 cm³/mol. The number of fused-ring (bicyclic) bond motifs is 2. The summed E-state index contributed by atoms with van der Waals surface area (Å²) in [5.41, 5.74) is 2.89. The summed E-state index contributed by atoms with van der Waals surface area (Å²) in [4.78, 5) is 38.5. The molecule has 0 bridgehead atoms. The summed E-state index contributed by atoms with van der Waals surface area (Å²) < 4.78 is 2.02. The Hall–Kier alpha value is -4.04. The number of thioether (sulfide) groups is 1. The van der Waals surface area contributed by atoms with Gasteiger partial charge in [0.15, 0.2) is 16.7 Å². The van der Waals surface area contributed by atoms with E-state index in [0.29, 0.717) is 39.0 Å². The van der Waals surface area contributed by atoms with Gasteiger partial charge in [0.25, 0.3) is 0 Å². The zero-order valence-electron chi connectivity index (χ0n) is 18.6. The average Bonchev–Trinajstić information content (AvgIpc) is 3.65. The fourth-order valence-corrected chi connectivity index (χ4v) is 5.06. The monoisotopic (exact) mass is 480 g/mol. The Bertz CT molecular complexity index is 1490. The first kappa shape index (κ1) is 21.5. The molecule has 0 aliphatic heterocycles. The molecular formula is C27H20N4O3S. The van der Waals surface area contributed by atoms with E-state index in [2.05, 4.69) is 15.5 Å². The molecule has 0 atom stereocenters. The van der Waals surface area contributed by atoms with Crippen molar-refractivity contribution in [3.8, 4) is 5.69 Å². The summed E-state index contributed by atoms with van der Waals surface area (Å²) in [6, 6.07) is 21.5. The summed E-state index contributed by atoms with van der Waals surface area (Å²) in [6.45, 7) is 0. The minimum atomic E-state index is -0.236. The van der Waals surface area contributed by atoms with Crippen LogP contribution in [0.25, 0.3) is 5.69 Å². The third-order valence-corrected chi connectivity index (χ3v) is 7.09. The first-order valence-electron chi connectivity index (χ1n) is 11.4. The molecule has 4 aromatic rings. The number of hydrogen-bond acceptors (Lipinski definition) is 6. The van der Waals surface area contributed by atoms with Gasteiger partial charge in [-0.15, -0.1) is 10.2 Å². The number of nitrogens with zero attached hydrogens (tertiary/aromatic N) is 3. The third-order valence-electron chi connectivity index (χ3n) is 6.16. The smallest absolute Gasteiger partial charge is 0.234 e. The van der Waals surface area contributed by atoms with Crippen LogP contribution in [0.15, 0.2) is 78.0 Å². The van der Waals surface area contributed by atoms with E-state index in [9.17, 15) is 14.4 Å². The summed E-state index contributed by atoms with van der Waals surface area (Å²) in [5.74, 6) is 0.826. The Morgan fingerprint density at radius 2 is 1.51 bits per heavy atom. The van der Waals surface area contributed by atoms with Gasteiger partial charge in [-0.05, 0) is 43.2 Å². The lowest BCUT2D eigenvalue weighted by molar-refractivity contribution is -0.113. The Labute approximate surface area is 205 Å². The molecule has 6 rings (SSSR count). The van der Waals surface area contributed by atoms with E-state index in [4.69, 9.17) is 0 Å². The third kappa shape index (κ3) is 3.95. The van der Waals surface area contributed by atoms with Gasteiger partial charge in [0.05, 0.1) is 5.75 Å². The zero-order valence-corrected chi connectivity index (χ0v) is 19.4. The van der Waals surface area contributed by atoms with Gasteiger partial charge in [0, 0.05) is 39.5 Å². The molecule has 35 heavy (non-hydrogen) atoms. The first-order chi connectivity index (χ1) is 17.1. The lowest BCUT2D eigenvalue weighted by Gasteiger charge is -2.18. The van der Waals surface area contributed by atoms with Crippen LogP contribution in [0.5, 0.6) is 0 Å². The molecular weight excluding hydrogens is 460 g/mol. The van der Waals surface area contributed by atoms with Crippen LogP contribution in [0.2, 0.25) is 0 Å². The molecule has 1 saturated carbocycles. The molecule has 1 amide bonds. The molecule has 1 N–H and O–H groups in total. The lowest BCUT2D eigenvalue weighted by atomic mass is 9.84. The second-order valence-corrected chi connectivity index (χ2v) is 9.53. The van der Waals surface area contributed by atoms with Crippen LogP contribution < -0.4 is 5.32 Å². The van der Waals surface area contributed by atoms with E-state index in [-0.39, 0.29) is 23.2 Å². The SMILES string of the molecule is O=C(CSc1nnc(C2CC2)n1-c1ccccc1)Nc1ccc2c(c1)C(=O)c1ccccc1C2=O. The first-order valence-corrected chi connectivity index (χ1v) is 12.3. The Balaban J connectivity index is 1.19. The van der Waals surface area contributed by atoms with Crippen LogP contribution in [-0.4, -0.2) is 38.0 Å². The second kappa shape index (κ2) is 8.63. The van der Waals surface area contributed by atoms with Crippen molar-refractivity contribution in [1.82, 2.24) is 14.8 Å². The molecule has 2 aliphatic rings. The number of carbonyl (C=O) groups is 3. The molecule has 1 heterocycles. The van der Waals surface area contributed by atoms with E-state index in [1.54, 1.807) is 42.5 Å². The van der Waals surface area contributed by atoms with Gasteiger partial charge in [-0.25, -0.2) is 0 Å². The van der Waals surface area contributed by atoms with E-state index in [1.165, 1.54) is 11.8 Å². The summed E-state index contributed by atoms with van der Waals surface area (Å²) in [6.07, 6.45) is 2.19. The highest BCUT2D eigenvalue weighted by Gasteiger charge is 2.31. The van der Waals surface area contributed by atoms with Gasteiger partial charge < -0.3 is 5.32 Å². The Morgan fingerprint density at radius 1 is 0.857 bits per heavy atom. The number of hydrogen-bond donors (Lipinski definition) is 1. The number of nitrogens with one attached hydrogen (secondary N) is 1. The van der Waals surface area contributed by atoms with Crippen LogP contribution in [-0.2, 0) is 4.79 Å². The molecule has 0 radical (unpaired) electrons. The average molecular weight is 481 g/mol. The lowest BCUT2D eigenvalue weighted by Crippen LogP contribution is -2.21. The Morgan fingerprint density at radius 3 is 2.23 bits per heavy atom. The van der Waals surface area contributed by atoms with Crippen LogP contribution >= 0.6 is 11.8 Å². The zero-order chi connectivity index (χ0) is 23.9. The topological polar surface area (TPSA) is 93.9 Å². The van der Waals surface area contributed by atoms with Crippen molar-refractivity contribution in [2.75, 3.05) is 11.1 Å². The largest absolute Gasteiger partial charge is 0.325 e. The number of rotatable bonds is 6. The molecule has 7 nitrogen and oxygen atoms in total. The quantitative estimate of drug-likeness (QED) is 0.356. The number of benzene rings is 3. The van der Waals surface area contributed by atoms with Crippen molar-refractivity contribution in [2.45, 2.75) is 23.9 Å². The van der Waals surface area contributed by atoms with Gasteiger partial charge >= 0.3 is 0 Å². The van der Waals surface area contributed by atoms with E-state index < -0.39 is 0 Å². The van der Waals surface area contributed by atoms with Crippen LogP contribution in [0.1, 0.15) is 56.4 Å². The van der Waals surface area contributed by atoms with Crippen molar-refractivity contribution in [2.24, 2.45) is 0 Å². The fraction of sp³-hybridized carbons (Fsp3) is 0.148. The Kier molecular flexibility index (Phi) is 5.30. The van der Waals surface area contributed by atoms with Gasteiger partial charge in [-0.1, -0.05) is 54.2 Å². The summed E-state index contributed by atoms with van der Waals surface area (Å²) in [7, 11) is 0. The van der Waals surface area contributed by atoms with Crippen molar-refractivity contribution >= 4 is 34.9 Å². The van der Waals surface area contributed by atoms with Crippen LogP contribution in [0.3, 0.4) is 0 Å². The predicted octanol–water partition coefficient (Wildman–Crippen LogP) is 4.65. The number of ketones is 2. The van der Waals surface area contributed by atoms with Gasteiger partial charge in [-0.3, -0.25) is 19.0 Å². The van der Waals surface area contributed by atoms with Crippen molar-refractivity contribution in [1.29, 1.82) is 0 Å². The van der Waals surface area contributed by atoms with Crippen molar-refractivity contribution in [3.63, 3.8) is 0 Å². The highest BCUT2D eigenvalue weighted by molar-refractivity contribution is 7.99. The standard InChI is InChI=1S/C27H20N4O3S/c32-23(15-35-27-30-29-26(16-10-11-16)31(27)18-6-2-1-3-7-18)28-17-12-13-21-22(14-17)25(34)20-9-5-4-8-19(20)24(21)33/h1-9,12-14,16H,10-11,15H2,(H,28,32). The fourth-order valence-electron chi connectivity index (χ4n) is 4.30. The molecule has 0 saturated heterocycles. The molecule has 0 spiro atoms. The maximum atomic E-state index is 12.9. The minimum absolute atomic E-state index is 0.127. The van der Waals surface area contributed by atoms with Gasteiger partial charge in [0.2, 0.25) is 5.91 Å². The van der Waals surface area contributed by atoms with Crippen LogP contribution in [0.4, 0.5) is 5.69 Å². The number of amides is 1. The van der Waals surface area contributed by atoms with Crippen molar-refractivity contribution in [3.05, 3.63) is 101 Å². The number of anilines is 1. The highest BCUT2D eigenvalue weighted by Crippen LogP contribution is 2.41. The molecule has 0 unspecified atom stereocenters. The van der Waals surface area contributed by atoms with Gasteiger partial charge in [0.1, 0.15) is 5.82 Å². The molecule has 1 aromatic heterocycles. The minimum Gasteiger partial charge on any atom is -0.325 e. The summed E-state index contributed by atoms with van der Waals surface area (Å²) >= 11 is 1.31. The molecule has 8 heteroatoms. The summed E-state index contributed by atoms with van der Waals surface area (Å²) in [5, 5.41) is 12.2. The van der Waals surface area contributed by atoms with Crippen LogP contribution in [0, 0.1) is 0 Å². The molecule has 1 fully saturated rings. The maximum absolute atomic E-state index is 12.9. The van der Waals surface area contributed by atoms with E-state index in [0.717, 1.165) is 24.4 Å². The highest BCUT2D eigenvalue weighted by atomic mass is 32.2. The van der Waals surface area contributed by atoms with E-state index in [1.807, 2.05) is 34.9 Å². The molecule has 3 aromatic carbocycles.